The van der Waals surface area contributed by atoms with Crippen molar-refractivity contribution in [1.29, 1.82) is 0 Å². The second-order valence-corrected chi connectivity index (χ2v) is 35.7. The molecule has 0 radical (unpaired) electrons. The van der Waals surface area contributed by atoms with Crippen molar-refractivity contribution in [2.75, 3.05) is 0 Å². The van der Waals surface area contributed by atoms with Gasteiger partial charge in [0.2, 0.25) is 0 Å². The standard InChI is InChI=1S/C35H51BF2N2O5.C29H41BF2N2O5.C29H38F2N2O3/c1-12-14-28(33(5,6)7)40(31(42)26-20-22(2)19-23(3)21-26)39-30(41)27-17-16-25(29(24(27)4)43-32(37)38)15-13-18-36-44-34(8,9)35(10,11)45-36;1-8-10-24(29(5,6)7)34(27(36)22-16-18(2)15-19(3)17-22)33-26(35)23-13-12-21(11-9-14-30(37)38)25(20(23)4)39-28(31)32;1-9-11-21-13-14-23(20(5)25(21)36-28(30)31)26(34)32-33(24(12-10-2)29(6,7)8)27(35)22-16-18(3)15-19(4)17-22/h16-17,19-21,28,32H,12-15,18H2,1-11H3,(H,39,41);12-13,15-17,24,28,37-38H,8-11,14H2,1-7H3,(H,33,35);9,13-17,24,28H,1,10-12H2,2-8H3,(H,32,34)/t28-;2*24-/m111/s1. The molecular formula is C93H130B2F6N6O13. The van der Waals surface area contributed by atoms with Crippen LogP contribution in [-0.4, -0.2) is 124 Å². The number of nitrogens with one attached hydrogen (secondary N) is 3. The van der Waals surface area contributed by atoms with Crippen LogP contribution >= 0.6 is 0 Å². The first-order chi connectivity index (χ1) is 55.7. The summed E-state index contributed by atoms with van der Waals surface area (Å²) in [7, 11) is -1.91. The van der Waals surface area contributed by atoms with Crippen LogP contribution in [0.1, 0.15) is 291 Å². The van der Waals surface area contributed by atoms with Gasteiger partial charge in [0.05, 0.1) is 29.3 Å². The molecule has 6 aromatic carbocycles. The molecule has 0 aliphatic carbocycles. The topological polar surface area (TPSA) is 235 Å². The molecule has 0 saturated carbocycles. The van der Waals surface area contributed by atoms with E-state index in [1.165, 1.54) is 34.1 Å². The Kier molecular flexibility index (Phi) is 37.2. The quantitative estimate of drug-likeness (QED) is 0.0118. The average molecular weight is 1680 g/mol. The SMILES string of the molecule is C=CCc1ccc(C(=O)NN(C(=O)c2cc(C)cc(C)c2)[C@H](CCC)C(C)(C)C)c(C)c1OC(F)F.CCC[C@@H](N(NC(=O)c1ccc(CCCB(O)O)c(OC(F)F)c1C)C(=O)c1cc(C)cc(C)c1)C(C)(C)C.CCC[C@@H](N(NC(=O)c1ccc(CCCB2OC(C)(C)C(C)(C)O2)c(OC(F)F)c1C)C(=O)c1cc(C)cc(C)c1)C(C)(C)C. The zero-order valence-electron chi connectivity index (χ0n) is 75.3. The lowest BCUT2D eigenvalue weighted by atomic mass is 9.81. The minimum atomic E-state index is -3.11. The summed E-state index contributed by atoms with van der Waals surface area (Å²) >= 11 is 0. The second-order valence-electron chi connectivity index (χ2n) is 35.7. The third-order valence-electron chi connectivity index (χ3n) is 21.6. The van der Waals surface area contributed by atoms with E-state index in [0.29, 0.717) is 84.6 Å². The van der Waals surface area contributed by atoms with Gasteiger partial charge in [-0.3, -0.25) is 45.0 Å². The third-order valence-corrected chi connectivity index (χ3v) is 21.6. The number of aryl methyl sites for hydroxylation is 8. The third kappa shape index (κ3) is 28.5. The fraction of sp³-hybridized carbons (Fsp3) is 0.527. The van der Waals surface area contributed by atoms with Crippen LogP contribution in [0.15, 0.2) is 104 Å². The molecule has 1 fully saturated rings. The van der Waals surface area contributed by atoms with Crippen LogP contribution in [0.4, 0.5) is 26.3 Å². The predicted octanol–water partition coefficient (Wildman–Crippen LogP) is 20.8. The number of rotatable bonds is 31. The average Bonchev–Trinajstić information content (AvgIpc) is 1.64. The van der Waals surface area contributed by atoms with Gasteiger partial charge in [-0.05, 0) is 229 Å². The molecule has 0 spiro atoms. The molecule has 120 heavy (non-hydrogen) atoms. The molecule has 6 amide bonds. The van der Waals surface area contributed by atoms with Crippen molar-refractivity contribution >= 4 is 49.7 Å². The Morgan fingerprint density at radius 1 is 0.458 bits per heavy atom. The number of allylic oxidation sites excluding steroid dienone is 1. The van der Waals surface area contributed by atoms with E-state index in [1.807, 2.05) is 171 Å². The van der Waals surface area contributed by atoms with Crippen LogP contribution < -0.4 is 30.5 Å². The van der Waals surface area contributed by atoms with E-state index < -0.39 is 63.0 Å². The van der Waals surface area contributed by atoms with E-state index in [2.05, 4.69) is 22.9 Å². The highest BCUT2D eigenvalue weighted by Gasteiger charge is 2.51. The number of halogens is 6. The van der Waals surface area contributed by atoms with E-state index in [0.717, 1.165) is 52.6 Å². The van der Waals surface area contributed by atoms with Gasteiger partial charge in [-0.2, -0.15) is 26.3 Å². The van der Waals surface area contributed by atoms with Gasteiger partial charge in [-0.15, -0.1) is 6.58 Å². The van der Waals surface area contributed by atoms with Crippen LogP contribution in [0, 0.1) is 78.6 Å². The van der Waals surface area contributed by atoms with Crippen LogP contribution in [-0.2, 0) is 28.6 Å². The lowest BCUT2D eigenvalue weighted by Gasteiger charge is -2.40. The summed E-state index contributed by atoms with van der Waals surface area (Å²) in [6.45, 7) is 42.7. The zero-order valence-corrected chi connectivity index (χ0v) is 75.3. The number of carbonyl (C=O) groups excluding carboxylic acids is 6. The minimum Gasteiger partial charge on any atom is -0.434 e. The Labute approximate surface area is 709 Å². The normalized spacial score (nSPS) is 13.9. The molecule has 1 aliphatic rings. The van der Waals surface area contributed by atoms with Crippen molar-refractivity contribution in [1.82, 2.24) is 31.3 Å². The first-order valence-electron chi connectivity index (χ1n) is 41.4. The first kappa shape index (κ1) is 101. The van der Waals surface area contributed by atoms with Crippen molar-refractivity contribution in [2.24, 2.45) is 16.2 Å². The maximum Gasteiger partial charge on any atom is 0.457 e. The summed E-state index contributed by atoms with van der Waals surface area (Å²) < 4.78 is 107. The molecule has 6 aromatic rings. The largest absolute Gasteiger partial charge is 0.457 e. The van der Waals surface area contributed by atoms with Crippen LogP contribution in [0.3, 0.4) is 0 Å². The van der Waals surface area contributed by atoms with Crippen molar-refractivity contribution < 1.29 is 88.7 Å². The van der Waals surface area contributed by atoms with Gasteiger partial charge < -0.3 is 33.6 Å². The summed E-state index contributed by atoms with van der Waals surface area (Å²) in [6.07, 6.45) is 8.45. The molecule has 1 saturated heterocycles. The molecule has 3 atom stereocenters. The number of benzene rings is 6. The molecule has 0 unspecified atom stereocenters. The van der Waals surface area contributed by atoms with Gasteiger partial charge in [0.1, 0.15) is 17.2 Å². The van der Waals surface area contributed by atoms with E-state index in [-0.39, 0.29) is 115 Å². The van der Waals surface area contributed by atoms with E-state index in [4.69, 9.17) is 33.6 Å². The van der Waals surface area contributed by atoms with Crippen LogP contribution in [0.2, 0.25) is 12.6 Å². The number of hydrazine groups is 3. The van der Waals surface area contributed by atoms with E-state index in [1.54, 1.807) is 80.6 Å². The number of amides is 6. The fourth-order valence-electron chi connectivity index (χ4n) is 15.2. The van der Waals surface area contributed by atoms with Gasteiger partial charge in [0.25, 0.3) is 35.4 Å². The highest BCUT2D eigenvalue weighted by molar-refractivity contribution is 6.45. The first-order valence-corrected chi connectivity index (χ1v) is 41.4. The second kappa shape index (κ2) is 44.1. The highest BCUT2D eigenvalue weighted by Crippen LogP contribution is 2.41. The Morgan fingerprint density at radius 3 is 0.975 bits per heavy atom. The molecule has 1 aliphatic heterocycles. The van der Waals surface area contributed by atoms with Crippen molar-refractivity contribution in [3.8, 4) is 17.2 Å². The summed E-state index contributed by atoms with van der Waals surface area (Å²) in [5.41, 5.74) is 16.1. The Bertz CT molecular complexity index is 4440. The number of alkyl halides is 6. The Hall–Kier alpha value is -9.17. The molecule has 27 heteroatoms. The predicted molar refractivity (Wildman–Crippen MR) is 463 cm³/mol. The summed E-state index contributed by atoms with van der Waals surface area (Å²) in [5, 5.41) is 22.4. The summed E-state index contributed by atoms with van der Waals surface area (Å²) in [6, 6.07) is 25.1. The molecule has 658 valence electrons. The molecule has 0 aromatic heterocycles. The number of ether oxygens (including phenoxy) is 3. The number of carbonyl (C=O) groups is 6. The molecular weight excluding hydrogens is 1540 g/mol. The summed E-state index contributed by atoms with van der Waals surface area (Å²) in [5.74, 6) is -2.98. The van der Waals surface area contributed by atoms with Gasteiger partial charge in [0, 0.05) is 50.1 Å². The number of nitrogens with zero attached hydrogens (tertiary/aromatic N) is 3. The van der Waals surface area contributed by atoms with E-state index >= 15 is 0 Å². The molecule has 0 bridgehead atoms. The maximum atomic E-state index is 14.0. The maximum absolute atomic E-state index is 14.0. The lowest BCUT2D eigenvalue weighted by Crippen LogP contribution is -2.56. The lowest BCUT2D eigenvalue weighted by molar-refractivity contribution is -0.0515. The van der Waals surface area contributed by atoms with Crippen molar-refractivity contribution in [2.45, 2.75) is 306 Å². The number of hydrogen-bond acceptors (Lipinski definition) is 13. The molecule has 5 N–H and O–H groups in total. The summed E-state index contributed by atoms with van der Waals surface area (Å²) in [4.78, 5) is 82.6. The number of hydrogen-bond donors (Lipinski definition) is 5. The smallest absolute Gasteiger partial charge is 0.434 e. The molecule has 19 nitrogen and oxygen atoms in total. The Balaban J connectivity index is 0.000000323. The van der Waals surface area contributed by atoms with Gasteiger partial charge >= 0.3 is 34.1 Å². The highest BCUT2D eigenvalue weighted by atomic mass is 19.3. The van der Waals surface area contributed by atoms with Gasteiger partial charge in [-0.1, -0.05) is 191 Å². The van der Waals surface area contributed by atoms with Crippen molar-refractivity contribution in [3.63, 3.8) is 0 Å². The Morgan fingerprint density at radius 2 is 0.725 bits per heavy atom. The van der Waals surface area contributed by atoms with Gasteiger partial charge in [-0.25, -0.2) is 15.0 Å². The zero-order chi connectivity index (χ0) is 90.6. The van der Waals surface area contributed by atoms with Crippen molar-refractivity contribution in [3.05, 3.63) is 204 Å². The monoisotopic (exact) mass is 1670 g/mol. The van der Waals surface area contributed by atoms with Crippen LogP contribution in [0.25, 0.3) is 0 Å². The molecule has 7 rings (SSSR count). The van der Waals surface area contributed by atoms with Crippen LogP contribution in [0.5, 0.6) is 17.2 Å². The minimum absolute atomic E-state index is 0.0281. The van der Waals surface area contributed by atoms with E-state index in [9.17, 15) is 55.1 Å². The van der Waals surface area contributed by atoms with Gasteiger partial charge in [0.15, 0.2) is 0 Å². The fourth-order valence-corrected chi connectivity index (χ4v) is 15.2. The molecule has 1 heterocycles.